The number of ketones is 1. The molecule has 16 heavy (non-hydrogen) atoms. The van der Waals surface area contributed by atoms with E-state index in [1.54, 1.807) is 12.3 Å². The summed E-state index contributed by atoms with van der Waals surface area (Å²) in [5.41, 5.74) is 1.39. The minimum atomic E-state index is -0.232. The smallest absolute Gasteiger partial charge is 0.224 e. The van der Waals surface area contributed by atoms with Crippen molar-refractivity contribution in [2.24, 2.45) is 0 Å². The third-order valence-corrected chi connectivity index (χ3v) is 2.26. The van der Waals surface area contributed by atoms with Crippen molar-refractivity contribution in [3.8, 4) is 0 Å². The normalized spacial score (nSPS) is 9.94. The van der Waals surface area contributed by atoms with Crippen LogP contribution in [0.15, 0.2) is 12.3 Å². The number of hydrogen-bond donors (Lipinski definition) is 1. The molecule has 5 heteroatoms. The largest absolute Gasteiger partial charge is 0.323 e. The lowest BCUT2D eigenvalue weighted by Gasteiger charge is -2.06. The Labute approximate surface area is 99.0 Å². The number of carbonyl (C=O) groups excluding carboxylic acids is 2. The van der Waals surface area contributed by atoms with Crippen molar-refractivity contribution < 1.29 is 9.59 Å². The second kappa shape index (κ2) is 5.61. The van der Waals surface area contributed by atoms with E-state index in [1.807, 2.05) is 6.92 Å². The van der Waals surface area contributed by atoms with Gasteiger partial charge >= 0.3 is 0 Å². The number of carbonyl (C=O) groups is 2. The molecule has 0 saturated carbocycles. The fourth-order valence-corrected chi connectivity index (χ4v) is 1.29. The molecule has 0 aliphatic rings. The number of rotatable bonds is 4. The van der Waals surface area contributed by atoms with E-state index in [1.165, 1.54) is 6.92 Å². The average Bonchev–Trinajstić information content (AvgIpc) is 2.20. The zero-order valence-corrected chi connectivity index (χ0v) is 9.97. The van der Waals surface area contributed by atoms with Gasteiger partial charge in [-0.05, 0) is 25.5 Å². The van der Waals surface area contributed by atoms with Crippen LogP contribution in [-0.4, -0.2) is 16.7 Å². The number of aromatic nitrogens is 1. The van der Waals surface area contributed by atoms with E-state index >= 15 is 0 Å². The second-order valence-electron chi connectivity index (χ2n) is 3.60. The van der Waals surface area contributed by atoms with Crippen LogP contribution in [0.5, 0.6) is 0 Å². The maximum Gasteiger partial charge on any atom is 0.224 e. The summed E-state index contributed by atoms with van der Waals surface area (Å²) in [5.74, 6) is -0.242. The maximum atomic E-state index is 11.4. The third-order valence-electron chi connectivity index (χ3n) is 1.95. The lowest BCUT2D eigenvalue weighted by Crippen LogP contribution is -2.13. The molecular weight excluding hydrogens is 228 g/mol. The number of amides is 1. The van der Waals surface area contributed by atoms with Crippen molar-refractivity contribution in [3.63, 3.8) is 0 Å². The Morgan fingerprint density at radius 1 is 1.44 bits per heavy atom. The fraction of sp³-hybridized carbons (Fsp3) is 0.364. The van der Waals surface area contributed by atoms with E-state index in [0.29, 0.717) is 5.69 Å². The summed E-state index contributed by atoms with van der Waals surface area (Å²) in [6.07, 6.45) is 2.02. The highest BCUT2D eigenvalue weighted by Crippen LogP contribution is 2.19. The number of anilines is 1. The first-order valence-electron chi connectivity index (χ1n) is 4.90. The standard InChI is InChI=1S/C11H13ClN2O2/c1-7-5-9(11(12)13-6-7)14-10(16)4-3-8(2)15/h5-6H,3-4H2,1-2H3,(H,14,16). The maximum absolute atomic E-state index is 11.4. The molecule has 0 spiro atoms. The van der Waals surface area contributed by atoms with Crippen LogP contribution >= 0.6 is 11.6 Å². The molecule has 1 aromatic rings. The SMILES string of the molecule is CC(=O)CCC(=O)Nc1cc(C)cnc1Cl. The van der Waals surface area contributed by atoms with Crippen LogP contribution in [0.4, 0.5) is 5.69 Å². The highest BCUT2D eigenvalue weighted by Gasteiger charge is 2.07. The van der Waals surface area contributed by atoms with E-state index in [9.17, 15) is 9.59 Å². The number of hydrogen-bond acceptors (Lipinski definition) is 3. The molecule has 0 atom stereocenters. The second-order valence-corrected chi connectivity index (χ2v) is 3.96. The lowest BCUT2D eigenvalue weighted by molar-refractivity contribution is -0.121. The molecule has 1 aromatic heterocycles. The van der Waals surface area contributed by atoms with Gasteiger partial charge in [-0.2, -0.15) is 0 Å². The summed E-state index contributed by atoms with van der Waals surface area (Å²) in [7, 11) is 0. The van der Waals surface area contributed by atoms with Crippen LogP contribution in [0.2, 0.25) is 5.15 Å². The summed E-state index contributed by atoms with van der Waals surface area (Å²) in [4.78, 5) is 26.0. The zero-order chi connectivity index (χ0) is 12.1. The first-order valence-corrected chi connectivity index (χ1v) is 5.28. The monoisotopic (exact) mass is 240 g/mol. The molecule has 86 valence electrons. The zero-order valence-electron chi connectivity index (χ0n) is 9.21. The van der Waals surface area contributed by atoms with Crippen LogP contribution in [0.1, 0.15) is 25.3 Å². The van der Waals surface area contributed by atoms with Crippen molar-refractivity contribution in [3.05, 3.63) is 23.0 Å². The molecule has 0 aromatic carbocycles. The molecule has 0 aliphatic heterocycles. The Hall–Kier alpha value is -1.42. The Balaban J connectivity index is 2.62. The first kappa shape index (κ1) is 12.6. The van der Waals surface area contributed by atoms with E-state index in [0.717, 1.165) is 5.56 Å². The molecule has 1 N–H and O–H groups in total. The summed E-state index contributed by atoms with van der Waals surface area (Å²) >= 11 is 5.81. The van der Waals surface area contributed by atoms with Gasteiger partial charge < -0.3 is 10.1 Å². The van der Waals surface area contributed by atoms with Gasteiger partial charge in [0.15, 0.2) is 5.15 Å². The van der Waals surface area contributed by atoms with E-state index in [4.69, 9.17) is 11.6 Å². The van der Waals surface area contributed by atoms with Crippen LogP contribution in [0.3, 0.4) is 0 Å². The van der Waals surface area contributed by atoms with Gasteiger partial charge in [-0.15, -0.1) is 0 Å². The molecular formula is C11H13ClN2O2. The quantitative estimate of drug-likeness (QED) is 0.822. The Morgan fingerprint density at radius 3 is 2.75 bits per heavy atom. The third kappa shape index (κ3) is 3.98. The summed E-state index contributed by atoms with van der Waals surface area (Å²) in [6, 6.07) is 1.74. The minimum Gasteiger partial charge on any atom is -0.323 e. The Morgan fingerprint density at radius 2 is 2.12 bits per heavy atom. The molecule has 0 fully saturated rings. The molecule has 4 nitrogen and oxygen atoms in total. The lowest BCUT2D eigenvalue weighted by atomic mass is 10.2. The van der Waals surface area contributed by atoms with Gasteiger partial charge in [-0.25, -0.2) is 4.98 Å². The molecule has 0 radical (unpaired) electrons. The van der Waals surface area contributed by atoms with Crippen molar-refractivity contribution >= 4 is 29.0 Å². The summed E-state index contributed by atoms with van der Waals surface area (Å²) in [6.45, 7) is 3.31. The van der Waals surface area contributed by atoms with Gasteiger partial charge in [0.25, 0.3) is 0 Å². The first-order chi connectivity index (χ1) is 7.49. The van der Waals surface area contributed by atoms with Crippen molar-refractivity contribution in [2.75, 3.05) is 5.32 Å². The number of pyridine rings is 1. The fourth-order valence-electron chi connectivity index (χ4n) is 1.14. The van der Waals surface area contributed by atoms with Crippen molar-refractivity contribution in [2.45, 2.75) is 26.7 Å². The number of nitrogens with one attached hydrogen (secondary N) is 1. The minimum absolute atomic E-state index is 0.0105. The average molecular weight is 241 g/mol. The molecule has 0 saturated heterocycles. The van der Waals surface area contributed by atoms with Gasteiger partial charge in [0.05, 0.1) is 5.69 Å². The highest BCUT2D eigenvalue weighted by molar-refractivity contribution is 6.32. The number of halogens is 1. The van der Waals surface area contributed by atoms with Crippen molar-refractivity contribution in [1.29, 1.82) is 0 Å². The molecule has 1 rings (SSSR count). The summed E-state index contributed by atoms with van der Waals surface area (Å²) < 4.78 is 0. The number of aryl methyl sites for hydroxylation is 1. The number of nitrogens with zero attached hydrogens (tertiary/aromatic N) is 1. The molecule has 0 bridgehead atoms. The highest BCUT2D eigenvalue weighted by atomic mass is 35.5. The molecule has 0 unspecified atom stereocenters. The van der Waals surface area contributed by atoms with Gasteiger partial charge in [0, 0.05) is 19.0 Å². The van der Waals surface area contributed by atoms with Gasteiger partial charge in [0.2, 0.25) is 5.91 Å². The van der Waals surface area contributed by atoms with E-state index < -0.39 is 0 Å². The van der Waals surface area contributed by atoms with Crippen LogP contribution in [0.25, 0.3) is 0 Å². The topological polar surface area (TPSA) is 59.1 Å². The number of Topliss-reactive ketones (excluding diaryl/α,β-unsaturated/α-hetero) is 1. The predicted molar refractivity (Wildman–Crippen MR) is 62.5 cm³/mol. The van der Waals surface area contributed by atoms with Gasteiger partial charge in [0.1, 0.15) is 5.78 Å². The van der Waals surface area contributed by atoms with E-state index in [-0.39, 0.29) is 29.7 Å². The van der Waals surface area contributed by atoms with Gasteiger partial charge in [-0.3, -0.25) is 4.79 Å². The molecule has 0 aliphatic carbocycles. The Kier molecular flexibility index (Phi) is 4.43. The predicted octanol–water partition coefficient (Wildman–Crippen LogP) is 2.35. The van der Waals surface area contributed by atoms with Crippen LogP contribution in [0, 0.1) is 6.92 Å². The van der Waals surface area contributed by atoms with Crippen LogP contribution in [-0.2, 0) is 9.59 Å². The van der Waals surface area contributed by atoms with Crippen molar-refractivity contribution in [1.82, 2.24) is 4.98 Å². The summed E-state index contributed by atoms with van der Waals surface area (Å²) in [5, 5.41) is 2.87. The van der Waals surface area contributed by atoms with Gasteiger partial charge in [-0.1, -0.05) is 11.6 Å². The Bertz CT molecular complexity index is 418. The molecule has 1 heterocycles. The van der Waals surface area contributed by atoms with Crippen LogP contribution < -0.4 is 5.32 Å². The molecule has 1 amide bonds. The van der Waals surface area contributed by atoms with E-state index in [2.05, 4.69) is 10.3 Å².